The molecule has 0 atom stereocenters. The number of esters is 2. The maximum Gasteiger partial charge on any atom is 0.325 e. The van der Waals surface area contributed by atoms with Crippen molar-refractivity contribution in [1.29, 1.82) is 0 Å². The minimum atomic E-state index is -0.507. The molecule has 0 amide bonds. The lowest BCUT2D eigenvalue weighted by Gasteiger charge is -2.18. The van der Waals surface area contributed by atoms with Crippen molar-refractivity contribution in [3.63, 3.8) is 0 Å². The van der Waals surface area contributed by atoms with Crippen LogP contribution in [0.3, 0.4) is 0 Å². The SMILES string of the molecule is CCOC(=O)[C](C(=O)OCC)C1CCCC1. The lowest BCUT2D eigenvalue weighted by molar-refractivity contribution is -0.152. The molecular formula is C12H19O4. The number of rotatable bonds is 5. The van der Waals surface area contributed by atoms with E-state index in [0.29, 0.717) is 0 Å². The Morgan fingerprint density at radius 1 is 1.00 bits per heavy atom. The van der Waals surface area contributed by atoms with Gasteiger partial charge in [0.25, 0.3) is 0 Å². The summed E-state index contributed by atoms with van der Waals surface area (Å²) in [4.78, 5) is 23.4. The van der Waals surface area contributed by atoms with E-state index in [9.17, 15) is 9.59 Å². The number of ether oxygens (including phenoxy) is 2. The summed E-state index contributed by atoms with van der Waals surface area (Å²) in [5.74, 6) is -0.778. The van der Waals surface area contributed by atoms with Gasteiger partial charge in [0.2, 0.25) is 0 Å². The smallest absolute Gasteiger partial charge is 0.325 e. The maximum absolute atomic E-state index is 11.7. The molecule has 0 spiro atoms. The summed E-state index contributed by atoms with van der Waals surface area (Å²) in [5.41, 5.74) is 0. The second-order valence-corrected chi connectivity index (χ2v) is 3.84. The van der Waals surface area contributed by atoms with Crippen LogP contribution in [-0.2, 0) is 19.1 Å². The predicted molar refractivity (Wildman–Crippen MR) is 58.5 cm³/mol. The lowest BCUT2D eigenvalue weighted by Crippen LogP contribution is -2.31. The normalized spacial score (nSPS) is 16.4. The highest BCUT2D eigenvalue weighted by Gasteiger charge is 2.39. The highest BCUT2D eigenvalue weighted by Crippen LogP contribution is 2.34. The second-order valence-electron chi connectivity index (χ2n) is 3.84. The average Bonchev–Trinajstić information content (AvgIpc) is 2.72. The van der Waals surface area contributed by atoms with Gasteiger partial charge in [-0.25, -0.2) is 0 Å². The highest BCUT2D eigenvalue weighted by molar-refractivity contribution is 6.10. The van der Waals surface area contributed by atoms with Crippen molar-refractivity contribution in [3.8, 4) is 0 Å². The van der Waals surface area contributed by atoms with Gasteiger partial charge in [-0.2, -0.15) is 0 Å². The van der Waals surface area contributed by atoms with E-state index in [1.54, 1.807) is 13.8 Å². The molecule has 16 heavy (non-hydrogen) atoms. The van der Waals surface area contributed by atoms with E-state index in [0.717, 1.165) is 25.7 Å². The Morgan fingerprint density at radius 3 is 1.81 bits per heavy atom. The van der Waals surface area contributed by atoms with Crippen molar-refractivity contribution in [2.75, 3.05) is 13.2 Å². The van der Waals surface area contributed by atoms with Gasteiger partial charge in [-0.1, -0.05) is 12.8 Å². The molecule has 0 heterocycles. The molecule has 0 aromatic carbocycles. The van der Waals surface area contributed by atoms with Gasteiger partial charge in [-0.3, -0.25) is 9.59 Å². The molecule has 91 valence electrons. The minimum Gasteiger partial charge on any atom is -0.465 e. The third-order valence-corrected chi connectivity index (χ3v) is 2.75. The van der Waals surface area contributed by atoms with Crippen molar-refractivity contribution in [3.05, 3.63) is 5.92 Å². The zero-order valence-electron chi connectivity index (χ0n) is 9.95. The van der Waals surface area contributed by atoms with Gasteiger partial charge in [0.1, 0.15) is 0 Å². The van der Waals surface area contributed by atoms with Crippen LogP contribution in [0, 0.1) is 11.8 Å². The maximum atomic E-state index is 11.7. The Balaban J connectivity index is 2.67. The summed E-state index contributed by atoms with van der Waals surface area (Å²) in [7, 11) is 0. The first-order valence-corrected chi connectivity index (χ1v) is 5.91. The third kappa shape index (κ3) is 3.22. The lowest BCUT2D eigenvalue weighted by atomic mass is 9.91. The van der Waals surface area contributed by atoms with Crippen molar-refractivity contribution in [2.45, 2.75) is 39.5 Å². The van der Waals surface area contributed by atoms with Gasteiger partial charge in [-0.15, -0.1) is 0 Å². The molecule has 0 bridgehead atoms. The summed E-state index contributed by atoms with van der Waals surface area (Å²) in [5, 5.41) is 0. The van der Waals surface area contributed by atoms with Crippen LogP contribution in [-0.4, -0.2) is 25.2 Å². The molecule has 0 aromatic rings. The van der Waals surface area contributed by atoms with Gasteiger partial charge in [0.05, 0.1) is 13.2 Å². The Bertz CT molecular complexity index is 225. The van der Waals surface area contributed by atoms with Gasteiger partial charge >= 0.3 is 11.9 Å². The molecule has 0 aliphatic heterocycles. The highest BCUT2D eigenvalue weighted by atomic mass is 16.6. The van der Waals surface area contributed by atoms with Crippen LogP contribution in [0.1, 0.15) is 39.5 Å². The molecule has 1 radical (unpaired) electrons. The number of hydrogen-bond donors (Lipinski definition) is 0. The largest absolute Gasteiger partial charge is 0.465 e. The second kappa shape index (κ2) is 6.51. The van der Waals surface area contributed by atoms with E-state index in [1.807, 2.05) is 0 Å². The molecule has 1 fully saturated rings. The monoisotopic (exact) mass is 227 g/mol. The number of carbonyl (C=O) groups excluding carboxylic acids is 2. The molecule has 1 saturated carbocycles. The van der Waals surface area contributed by atoms with Crippen molar-refractivity contribution in [2.24, 2.45) is 5.92 Å². The fourth-order valence-corrected chi connectivity index (χ4v) is 2.05. The average molecular weight is 227 g/mol. The Kier molecular flexibility index (Phi) is 5.29. The summed E-state index contributed by atoms with van der Waals surface area (Å²) >= 11 is 0. The summed E-state index contributed by atoms with van der Waals surface area (Å²) in [6.45, 7) is 4.04. The van der Waals surface area contributed by atoms with Gasteiger partial charge in [0.15, 0.2) is 5.92 Å². The quantitative estimate of drug-likeness (QED) is 0.531. The molecule has 1 aliphatic rings. The zero-order valence-corrected chi connectivity index (χ0v) is 9.95. The molecule has 1 aliphatic carbocycles. The summed E-state index contributed by atoms with van der Waals surface area (Å²) in [6.07, 6.45) is 3.89. The molecule has 4 nitrogen and oxygen atoms in total. The van der Waals surface area contributed by atoms with E-state index in [-0.39, 0.29) is 25.0 Å². The first-order valence-electron chi connectivity index (χ1n) is 5.91. The van der Waals surface area contributed by atoms with Crippen LogP contribution >= 0.6 is 0 Å². The topological polar surface area (TPSA) is 52.6 Å². The van der Waals surface area contributed by atoms with Crippen molar-refractivity contribution in [1.82, 2.24) is 0 Å². The molecule has 0 saturated heterocycles. The van der Waals surface area contributed by atoms with Gasteiger partial charge < -0.3 is 9.47 Å². The number of carbonyl (C=O) groups is 2. The summed E-state index contributed by atoms with van der Waals surface area (Å²) in [6, 6.07) is 0. The van der Waals surface area contributed by atoms with Crippen LogP contribution in [0.4, 0.5) is 0 Å². The molecular weight excluding hydrogens is 208 g/mol. The summed E-state index contributed by atoms with van der Waals surface area (Å²) < 4.78 is 9.81. The Labute approximate surface area is 96.3 Å². The third-order valence-electron chi connectivity index (χ3n) is 2.75. The van der Waals surface area contributed by atoms with E-state index < -0.39 is 11.9 Å². The van der Waals surface area contributed by atoms with E-state index in [1.165, 1.54) is 0 Å². The standard InChI is InChI=1S/C12H19O4/c1-3-15-11(13)10(12(14)16-4-2)9-7-5-6-8-9/h9H,3-8H2,1-2H3. The van der Waals surface area contributed by atoms with Crippen LogP contribution in [0.5, 0.6) is 0 Å². The van der Waals surface area contributed by atoms with Crippen LogP contribution < -0.4 is 0 Å². The number of hydrogen-bond acceptors (Lipinski definition) is 4. The van der Waals surface area contributed by atoms with Crippen LogP contribution in [0.2, 0.25) is 0 Å². The van der Waals surface area contributed by atoms with Gasteiger partial charge in [0, 0.05) is 0 Å². The molecule has 4 heteroatoms. The van der Waals surface area contributed by atoms with E-state index >= 15 is 0 Å². The van der Waals surface area contributed by atoms with Crippen LogP contribution in [0.25, 0.3) is 0 Å². The minimum absolute atomic E-state index is 0.0260. The zero-order chi connectivity index (χ0) is 12.0. The van der Waals surface area contributed by atoms with Crippen molar-refractivity contribution >= 4 is 11.9 Å². The Morgan fingerprint density at radius 2 is 1.44 bits per heavy atom. The van der Waals surface area contributed by atoms with Gasteiger partial charge in [-0.05, 0) is 32.6 Å². The van der Waals surface area contributed by atoms with Crippen molar-refractivity contribution < 1.29 is 19.1 Å². The Hall–Kier alpha value is -1.06. The molecule has 0 unspecified atom stereocenters. The molecule has 0 N–H and O–H groups in total. The molecule has 1 rings (SSSR count). The van der Waals surface area contributed by atoms with E-state index in [4.69, 9.17) is 9.47 Å². The predicted octanol–water partition coefficient (Wildman–Crippen LogP) is 1.88. The fourth-order valence-electron chi connectivity index (χ4n) is 2.05. The first-order chi connectivity index (χ1) is 7.70. The molecule has 0 aromatic heterocycles. The van der Waals surface area contributed by atoms with E-state index in [2.05, 4.69) is 0 Å². The van der Waals surface area contributed by atoms with Crippen LogP contribution in [0.15, 0.2) is 0 Å². The fraction of sp³-hybridized carbons (Fsp3) is 0.750. The first kappa shape index (κ1) is 13.0.